The Hall–Kier alpha value is -7.11. The van der Waals surface area contributed by atoms with Crippen LogP contribution in [0.2, 0.25) is 0 Å². The van der Waals surface area contributed by atoms with Crippen LogP contribution >= 0.6 is 0 Å². The van der Waals surface area contributed by atoms with Crippen LogP contribution in [0.15, 0.2) is 182 Å². The van der Waals surface area contributed by atoms with Gasteiger partial charge in [-0.05, 0) is 118 Å². The number of rotatable bonds is 11. The van der Waals surface area contributed by atoms with E-state index in [2.05, 4.69) is 253 Å². The Kier molecular flexibility index (Phi) is 11.1. The normalized spacial score (nSPS) is 13.2. The lowest BCUT2D eigenvalue weighted by molar-refractivity contribution is 0.483. The van der Waals surface area contributed by atoms with Crippen molar-refractivity contribution in [3.63, 3.8) is 0 Å². The van der Waals surface area contributed by atoms with Crippen molar-refractivity contribution in [3.05, 3.63) is 216 Å². The second-order valence-corrected chi connectivity index (χ2v) is 21.0. The molecule has 0 N–H and O–H groups in total. The second kappa shape index (κ2) is 17.0. The molecule has 0 saturated heterocycles. The predicted octanol–water partition coefficient (Wildman–Crippen LogP) is 16.4. The average Bonchev–Trinajstić information content (AvgIpc) is 3.87. The number of ether oxygens (including phenoxy) is 1. The van der Waals surface area contributed by atoms with Gasteiger partial charge in [0.15, 0.2) is 0 Å². The zero-order valence-corrected chi connectivity index (χ0v) is 40.5. The van der Waals surface area contributed by atoms with Crippen LogP contribution in [0.5, 0.6) is 11.5 Å². The van der Waals surface area contributed by atoms with Crippen molar-refractivity contribution in [2.45, 2.75) is 85.0 Å². The van der Waals surface area contributed by atoms with E-state index in [-0.39, 0.29) is 16.2 Å². The van der Waals surface area contributed by atoms with Crippen molar-refractivity contribution in [2.24, 2.45) is 5.92 Å². The van der Waals surface area contributed by atoms with Crippen molar-refractivity contribution >= 4 is 44.6 Å². The van der Waals surface area contributed by atoms with Crippen molar-refractivity contribution < 1.29 is 4.74 Å². The van der Waals surface area contributed by atoms with E-state index in [0.717, 1.165) is 40.5 Å². The van der Waals surface area contributed by atoms with E-state index in [4.69, 9.17) is 9.72 Å². The number of hydrogen-bond acceptors (Lipinski definition) is 4. The topological polar surface area (TPSA) is 33.5 Å². The molecule has 3 heterocycles. The molecular weight excluding hydrogens is 817 g/mol. The van der Waals surface area contributed by atoms with E-state index < -0.39 is 0 Å². The molecule has 67 heavy (non-hydrogen) atoms. The Bertz CT molecular complexity index is 3180. The molecule has 10 rings (SSSR count). The zero-order valence-electron chi connectivity index (χ0n) is 40.5. The van der Waals surface area contributed by atoms with Crippen LogP contribution in [0, 0.1) is 5.92 Å². The first-order chi connectivity index (χ1) is 32.1. The summed E-state index contributed by atoms with van der Waals surface area (Å²) in [7, 11) is 0. The van der Waals surface area contributed by atoms with Crippen LogP contribution in [0.1, 0.15) is 95.7 Å². The highest BCUT2D eigenvalue weighted by Crippen LogP contribution is 2.49. The van der Waals surface area contributed by atoms with Gasteiger partial charge >= 0.3 is 0 Å². The fourth-order valence-electron chi connectivity index (χ4n) is 9.99. The van der Waals surface area contributed by atoms with Gasteiger partial charge in [0.2, 0.25) is 0 Å². The molecule has 0 spiro atoms. The summed E-state index contributed by atoms with van der Waals surface area (Å²) in [6.45, 7) is 21.5. The van der Waals surface area contributed by atoms with Crippen molar-refractivity contribution in [3.8, 4) is 17.3 Å². The highest BCUT2D eigenvalue weighted by atomic mass is 16.5. The largest absolute Gasteiger partial charge is 0.457 e. The molecule has 336 valence electrons. The third-order valence-electron chi connectivity index (χ3n) is 14.1. The Morgan fingerprint density at radius 3 is 1.79 bits per heavy atom. The number of pyridine rings is 1. The van der Waals surface area contributed by atoms with Gasteiger partial charge in [-0.3, -0.25) is 4.57 Å². The van der Waals surface area contributed by atoms with Gasteiger partial charge in [-0.1, -0.05) is 159 Å². The van der Waals surface area contributed by atoms with Gasteiger partial charge in [0.1, 0.15) is 24.0 Å². The standard InChI is InChI=1S/C62H62N4O/c1-42(2)33-43-31-32-63-59(34-43)66-55-26-17-16-25-53(55)54-29-28-52(40-57(54)66)67-51-24-18-23-49(39-51)64-41-65(56-30-27-46(38-58(56)64)60(3,4)5)50-36-47(61(6,7)44-19-12-10-13-20-44)35-48(37-50)62(8,9)45-21-14-11-15-22-45/h10-32,34-40,42H,33,41H2,1-9H3. The number of hydrogen-bond donors (Lipinski definition) is 0. The number of anilines is 4. The van der Waals surface area contributed by atoms with E-state index >= 15 is 0 Å². The summed E-state index contributed by atoms with van der Waals surface area (Å²) >= 11 is 0. The minimum atomic E-state index is -0.242. The number of para-hydroxylation sites is 1. The third-order valence-corrected chi connectivity index (χ3v) is 14.1. The van der Waals surface area contributed by atoms with Gasteiger partial charge < -0.3 is 14.5 Å². The van der Waals surface area contributed by atoms with Gasteiger partial charge in [-0.25, -0.2) is 4.98 Å². The summed E-state index contributed by atoms with van der Waals surface area (Å²) in [6, 6.07) is 64.1. The van der Waals surface area contributed by atoms with Crippen LogP contribution < -0.4 is 14.5 Å². The molecule has 5 nitrogen and oxygen atoms in total. The van der Waals surface area contributed by atoms with Crippen LogP contribution in [0.25, 0.3) is 27.6 Å². The lowest BCUT2D eigenvalue weighted by atomic mass is 9.73. The summed E-state index contributed by atoms with van der Waals surface area (Å²) in [6.07, 6.45) is 2.94. The molecule has 0 fully saturated rings. The molecule has 5 heteroatoms. The number of nitrogens with zero attached hydrogens (tertiary/aromatic N) is 4. The molecule has 1 aliphatic heterocycles. The number of fused-ring (bicyclic) bond motifs is 4. The van der Waals surface area contributed by atoms with Crippen LogP contribution in [0.4, 0.5) is 22.7 Å². The first-order valence-corrected chi connectivity index (χ1v) is 23.9. The quantitative estimate of drug-likeness (QED) is 0.130. The molecular formula is C62H62N4O. The van der Waals surface area contributed by atoms with Gasteiger partial charge in [0.25, 0.3) is 0 Å². The van der Waals surface area contributed by atoms with E-state index in [0.29, 0.717) is 12.6 Å². The van der Waals surface area contributed by atoms with Crippen molar-refractivity contribution in [1.82, 2.24) is 9.55 Å². The van der Waals surface area contributed by atoms with E-state index in [1.54, 1.807) is 0 Å². The molecule has 9 aromatic rings. The lowest BCUT2D eigenvalue weighted by Crippen LogP contribution is -2.27. The SMILES string of the molecule is CC(C)Cc1ccnc(-n2c3ccccc3c3ccc(Oc4cccc(N5CN(c6cc(C(C)(C)c7ccccc7)cc(C(C)(C)c7ccccc7)c6)c6ccc(C(C)(C)C)cc65)c4)cc32)c1. The molecule has 0 saturated carbocycles. The third kappa shape index (κ3) is 8.26. The molecule has 0 atom stereocenters. The van der Waals surface area contributed by atoms with Crippen LogP contribution in [-0.2, 0) is 22.7 Å². The van der Waals surface area contributed by atoms with Crippen molar-refractivity contribution in [2.75, 3.05) is 16.5 Å². The molecule has 0 unspecified atom stereocenters. The van der Waals surface area contributed by atoms with E-state index in [1.165, 1.54) is 61.2 Å². The van der Waals surface area contributed by atoms with Gasteiger partial charge in [-0.2, -0.15) is 0 Å². The molecule has 7 aromatic carbocycles. The minimum absolute atomic E-state index is 0.0298. The number of benzene rings is 7. The molecule has 0 aliphatic carbocycles. The summed E-state index contributed by atoms with van der Waals surface area (Å²) in [5, 5.41) is 2.36. The Labute approximate surface area is 397 Å². The molecule has 0 bridgehead atoms. The zero-order chi connectivity index (χ0) is 46.7. The van der Waals surface area contributed by atoms with E-state index in [9.17, 15) is 0 Å². The van der Waals surface area contributed by atoms with Crippen LogP contribution in [-0.4, -0.2) is 16.2 Å². The first-order valence-electron chi connectivity index (χ1n) is 23.9. The summed E-state index contributed by atoms with van der Waals surface area (Å²) in [4.78, 5) is 9.85. The predicted molar refractivity (Wildman–Crippen MR) is 282 cm³/mol. The minimum Gasteiger partial charge on any atom is -0.457 e. The maximum atomic E-state index is 6.84. The monoisotopic (exact) mass is 878 g/mol. The Morgan fingerprint density at radius 1 is 0.493 bits per heavy atom. The highest BCUT2D eigenvalue weighted by molar-refractivity contribution is 6.09. The van der Waals surface area contributed by atoms with Gasteiger partial charge in [-0.15, -0.1) is 0 Å². The molecule has 2 aromatic heterocycles. The first kappa shape index (κ1) is 43.8. The Balaban J connectivity index is 1.05. The summed E-state index contributed by atoms with van der Waals surface area (Å²) in [5.41, 5.74) is 14.0. The molecule has 0 amide bonds. The maximum Gasteiger partial charge on any atom is 0.137 e. The Morgan fingerprint density at radius 2 is 1.12 bits per heavy atom. The maximum absolute atomic E-state index is 6.84. The molecule has 1 aliphatic rings. The van der Waals surface area contributed by atoms with Crippen molar-refractivity contribution in [1.29, 1.82) is 0 Å². The highest BCUT2D eigenvalue weighted by Gasteiger charge is 2.34. The fraction of sp³-hybridized carbons (Fsp3) is 0.242. The molecule has 0 radical (unpaired) electrons. The number of aromatic nitrogens is 2. The van der Waals surface area contributed by atoms with E-state index in [1.807, 2.05) is 6.20 Å². The smallest absolute Gasteiger partial charge is 0.137 e. The summed E-state index contributed by atoms with van der Waals surface area (Å²) < 4.78 is 9.12. The van der Waals surface area contributed by atoms with Gasteiger partial charge in [0.05, 0.1) is 22.4 Å². The lowest BCUT2D eigenvalue weighted by Gasteiger charge is -2.33. The van der Waals surface area contributed by atoms with Crippen LogP contribution in [0.3, 0.4) is 0 Å². The fourth-order valence-corrected chi connectivity index (χ4v) is 9.99. The summed E-state index contributed by atoms with van der Waals surface area (Å²) in [5.74, 6) is 3.02. The average molecular weight is 879 g/mol. The second-order valence-electron chi connectivity index (χ2n) is 21.0. The van der Waals surface area contributed by atoms with Gasteiger partial charge in [0, 0.05) is 51.3 Å².